The van der Waals surface area contributed by atoms with E-state index in [1.165, 1.54) is 5.82 Å². The second-order valence-electron chi connectivity index (χ2n) is 6.15. The van der Waals surface area contributed by atoms with Gasteiger partial charge >= 0.3 is 7.60 Å². The molecule has 0 spiro atoms. The van der Waals surface area contributed by atoms with Crippen LogP contribution >= 0.6 is 7.60 Å². The van der Waals surface area contributed by atoms with E-state index in [1.807, 2.05) is 30.3 Å². The molecule has 0 N–H and O–H groups in total. The maximum absolute atomic E-state index is 13.1. The van der Waals surface area contributed by atoms with Gasteiger partial charge in [0.25, 0.3) is 11.8 Å². The van der Waals surface area contributed by atoms with Crippen molar-refractivity contribution >= 4 is 19.4 Å². The fourth-order valence-corrected chi connectivity index (χ4v) is 4.61. The Balaban J connectivity index is 2.07. The predicted molar refractivity (Wildman–Crippen MR) is 106 cm³/mol. The molecule has 2 amide bonds. The second kappa shape index (κ2) is 8.65. The summed E-state index contributed by atoms with van der Waals surface area (Å²) in [7, 11) is -3.62. The first-order valence-electron chi connectivity index (χ1n) is 9.11. The molecule has 3 rings (SSSR count). The molecule has 0 saturated carbocycles. The maximum atomic E-state index is 13.1. The monoisotopic (exact) mass is 399 g/mol. The largest absolute Gasteiger partial charge is 0.355 e. The third-order valence-corrected chi connectivity index (χ3v) is 6.09. The maximum Gasteiger partial charge on any atom is 0.355 e. The molecule has 0 aromatic heterocycles. The SMILES string of the molecule is CCOP(=O)(/C=C(\Cc1ccccc1)N1C(=O)c2ccccc2C1=O)OCC. The van der Waals surface area contributed by atoms with Crippen LogP contribution < -0.4 is 0 Å². The molecule has 28 heavy (non-hydrogen) atoms. The van der Waals surface area contributed by atoms with Gasteiger partial charge in [-0.3, -0.25) is 14.2 Å². The van der Waals surface area contributed by atoms with Crippen molar-refractivity contribution < 1.29 is 23.2 Å². The van der Waals surface area contributed by atoms with Gasteiger partial charge in [0.1, 0.15) is 0 Å². The van der Waals surface area contributed by atoms with Crippen molar-refractivity contribution in [1.29, 1.82) is 0 Å². The number of rotatable bonds is 8. The Morgan fingerprint density at radius 2 is 1.39 bits per heavy atom. The van der Waals surface area contributed by atoms with Crippen molar-refractivity contribution in [1.82, 2.24) is 4.90 Å². The number of nitrogens with zero attached hydrogens (tertiary/aromatic N) is 1. The number of imide groups is 1. The van der Waals surface area contributed by atoms with Crippen LogP contribution in [-0.2, 0) is 20.0 Å². The van der Waals surface area contributed by atoms with Crippen LogP contribution in [0.25, 0.3) is 0 Å². The summed E-state index contributed by atoms with van der Waals surface area (Å²) in [5.74, 6) is 0.416. The van der Waals surface area contributed by atoms with Gasteiger partial charge < -0.3 is 9.05 Å². The van der Waals surface area contributed by atoms with Crippen molar-refractivity contribution in [2.45, 2.75) is 20.3 Å². The average molecular weight is 399 g/mol. The number of allylic oxidation sites excluding steroid dienone is 1. The van der Waals surface area contributed by atoms with Crippen LogP contribution in [0.3, 0.4) is 0 Å². The third-order valence-electron chi connectivity index (χ3n) is 4.23. The lowest BCUT2D eigenvalue weighted by Gasteiger charge is -2.21. The van der Waals surface area contributed by atoms with Gasteiger partial charge in [0.2, 0.25) is 0 Å². The second-order valence-corrected chi connectivity index (χ2v) is 8.00. The number of hydrogen-bond donors (Lipinski definition) is 0. The molecule has 0 unspecified atom stereocenters. The van der Waals surface area contributed by atoms with Gasteiger partial charge in [0.05, 0.1) is 24.3 Å². The standard InChI is InChI=1S/C21H22NO5P/c1-3-26-28(25,27-4-2)15-17(14-16-10-6-5-7-11-16)22-20(23)18-12-8-9-13-19(18)21(22)24/h5-13,15H,3-4,14H2,1-2H3/b17-15+. The lowest BCUT2D eigenvalue weighted by atomic mass is 10.1. The molecular weight excluding hydrogens is 377 g/mol. The van der Waals surface area contributed by atoms with E-state index in [0.29, 0.717) is 11.1 Å². The molecule has 1 heterocycles. The number of benzene rings is 2. The van der Waals surface area contributed by atoms with Crippen LogP contribution in [0.1, 0.15) is 40.1 Å². The summed E-state index contributed by atoms with van der Waals surface area (Å²) >= 11 is 0. The summed E-state index contributed by atoms with van der Waals surface area (Å²) in [4.78, 5) is 26.9. The van der Waals surface area contributed by atoms with Crippen molar-refractivity contribution in [2.75, 3.05) is 13.2 Å². The molecule has 0 radical (unpaired) electrons. The first-order valence-corrected chi connectivity index (χ1v) is 10.7. The highest BCUT2D eigenvalue weighted by molar-refractivity contribution is 7.57. The van der Waals surface area contributed by atoms with Crippen LogP contribution in [0.15, 0.2) is 66.1 Å². The molecule has 0 saturated heterocycles. The number of fused-ring (bicyclic) bond motifs is 1. The number of carbonyl (C=O) groups excluding carboxylic acids is 2. The first kappa shape index (κ1) is 20.2. The Kier molecular flexibility index (Phi) is 6.25. The van der Waals surface area contributed by atoms with E-state index in [4.69, 9.17) is 9.05 Å². The zero-order chi connectivity index (χ0) is 20.1. The van der Waals surface area contributed by atoms with Crippen LogP contribution in [0.4, 0.5) is 0 Å². The van der Waals surface area contributed by atoms with Crippen LogP contribution in [0.5, 0.6) is 0 Å². The number of carbonyl (C=O) groups is 2. The Labute approximate surface area is 164 Å². The Bertz CT molecular complexity index is 909. The molecule has 2 aromatic carbocycles. The van der Waals surface area contributed by atoms with E-state index >= 15 is 0 Å². The highest BCUT2D eigenvalue weighted by atomic mass is 31.2. The zero-order valence-corrected chi connectivity index (χ0v) is 16.7. The van der Waals surface area contributed by atoms with Gasteiger partial charge in [0.15, 0.2) is 0 Å². The predicted octanol–water partition coefficient (Wildman–Crippen LogP) is 4.63. The minimum Gasteiger partial charge on any atom is -0.306 e. The smallest absolute Gasteiger partial charge is 0.306 e. The topological polar surface area (TPSA) is 72.9 Å². The fourth-order valence-electron chi connectivity index (χ4n) is 3.09. The molecule has 0 fully saturated rings. The number of hydrogen-bond acceptors (Lipinski definition) is 5. The summed E-state index contributed by atoms with van der Waals surface area (Å²) in [6, 6.07) is 16.0. The van der Waals surface area contributed by atoms with Crippen molar-refractivity contribution in [3.8, 4) is 0 Å². The van der Waals surface area contributed by atoms with Crippen molar-refractivity contribution in [3.63, 3.8) is 0 Å². The van der Waals surface area contributed by atoms with E-state index in [-0.39, 0.29) is 25.3 Å². The third kappa shape index (κ3) is 4.14. The van der Waals surface area contributed by atoms with Gasteiger partial charge in [-0.15, -0.1) is 0 Å². The van der Waals surface area contributed by atoms with Crippen molar-refractivity contribution in [2.24, 2.45) is 0 Å². The fraction of sp³-hybridized carbons (Fsp3) is 0.238. The van der Waals surface area contributed by atoms with Crippen LogP contribution in [0, 0.1) is 0 Å². The van der Waals surface area contributed by atoms with Crippen molar-refractivity contribution in [3.05, 3.63) is 82.8 Å². The average Bonchev–Trinajstić information content (AvgIpc) is 2.93. The lowest BCUT2D eigenvalue weighted by Crippen LogP contribution is -2.30. The highest BCUT2D eigenvalue weighted by Gasteiger charge is 2.38. The molecule has 146 valence electrons. The zero-order valence-electron chi connectivity index (χ0n) is 15.8. The summed E-state index contributed by atoms with van der Waals surface area (Å²) in [5, 5.41) is 0. The van der Waals surface area contributed by atoms with Gasteiger partial charge in [-0.25, -0.2) is 4.90 Å². The minimum absolute atomic E-state index is 0.175. The van der Waals surface area contributed by atoms with Crippen LogP contribution in [-0.4, -0.2) is 29.9 Å². The molecule has 1 aliphatic rings. The molecule has 6 nitrogen and oxygen atoms in total. The van der Waals surface area contributed by atoms with Gasteiger partial charge in [0, 0.05) is 17.9 Å². The Morgan fingerprint density at radius 1 is 0.893 bits per heavy atom. The molecule has 0 atom stereocenters. The van der Waals surface area contributed by atoms with Gasteiger partial charge in [-0.2, -0.15) is 0 Å². The van der Waals surface area contributed by atoms with Gasteiger partial charge in [-0.1, -0.05) is 42.5 Å². The summed E-state index contributed by atoms with van der Waals surface area (Å²) in [6.07, 6.45) is 0.233. The Morgan fingerprint density at radius 3 is 1.89 bits per heavy atom. The molecule has 0 aliphatic carbocycles. The minimum atomic E-state index is -3.62. The lowest BCUT2D eigenvalue weighted by molar-refractivity contribution is 0.0701. The first-order chi connectivity index (χ1) is 13.5. The molecule has 7 heteroatoms. The highest BCUT2D eigenvalue weighted by Crippen LogP contribution is 2.51. The summed E-state index contributed by atoms with van der Waals surface area (Å²) in [5.41, 5.74) is 1.80. The number of amides is 2. The van der Waals surface area contributed by atoms with E-state index < -0.39 is 19.4 Å². The normalized spacial score (nSPS) is 14.5. The summed E-state index contributed by atoms with van der Waals surface area (Å²) in [6.45, 7) is 3.76. The quantitative estimate of drug-likeness (QED) is 0.478. The van der Waals surface area contributed by atoms with E-state index in [0.717, 1.165) is 10.5 Å². The van der Waals surface area contributed by atoms with E-state index in [1.54, 1.807) is 38.1 Å². The van der Waals surface area contributed by atoms with Crippen LogP contribution in [0.2, 0.25) is 0 Å². The molecular formula is C21H22NO5P. The molecule has 1 aliphatic heterocycles. The van der Waals surface area contributed by atoms with Gasteiger partial charge in [-0.05, 0) is 31.5 Å². The summed E-state index contributed by atoms with van der Waals surface area (Å²) < 4.78 is 23.8. The van der Waals surface area contributed by atoms with E-state index in [2.05, 4.69) is 0 Å². The van der Waals surface area contributed by atoms with E-state index in [9.17, 15) is 14.2 Å². The Hall–Kier alpha value is -2.53. The molecule has 2 aromatic rings. The molecule has 0 bridgehead atoms.